The maximum absolute atomic E-state index is 11.4. The van der Waals surface area contributed by atoms with Crippen LogP contribution in [-0.2, 0) is 4.79 Å². The number of nitrogens with zero attached hydrogens (tertiary/aromatic N) is 1. The maximum Gasteiger partial charge on any atom is 0.127 e. The lowest BCUT2D eigenvalue weighted by atomic mass is 9.83. The molecule has 0 aromatic heterocycles. The average molecular weight is 253 g/mol. The van der Waals surface area contributed by atoms with Crippen molar-refractivity contribution in [2.75, 3.05) is 19.6 Å². The van der Waals surface area contributed by atoms with Gasteiger partial charge in [0.15, 0.2) is 0 Å². The first-order valence-electron chi connectivity index (χ1n) is 7.88. The molecule has 1 aliphatic heterocycles. The standard InChI is InChI=1S/C16H31NO/c1-4-8-15-9-7-11-17(12-10-15)13-16(5-2,6-3)14-18/h14-15H,4-13H2,1-3H3. The molecule has 106 valence electrons. The second-order valence-electron chi connectivity index (χ2n) is 6.05. The molecule has 0 saturated carbocycles. The normalized spacial score (nSPS) is 22.7. The first kappa shape index (κ1) is 15.7. The van der Waals surface area contributed by atoms with Crippen LogP contribution in [0, 0.1) is 11.3 Å². The van der Waals surface area contributed by atoms with Crippen molar-refractivity contribution in [1.82, 2.24) is 4.90 Å². The monoisotopic (exact) mass is 253 g/mol. The van der Waals surface area contributed by atoms with Crippen molar-refractivity contribution in [3.05, 3.63) is 0 Å². The SMILES string of the molecule is CCCC1CCCN(CC(C=O)(CC)CC)CC1. The Bertz CT molecular complexity index is 235. The summed E-state index contributed by atoms with van der Waals surface area (Å²) in [5, 5.41) is 0. The zero-order chi connectivity index (χ0) is 13.4. The van der Waals surface area contributed by atoms with Crippen LogP contribution in [-0.4, -0.2) is 30.8 Å². The molecule has 18 heavy (non-hydrogen) atoms. The molecule has 1 saturated heterocycles. The van der Waals surface area contributed by atoms with Crippen LogP contribution in [0.1, 0.15) is 65.7 Å². The number of rotatable bonds is 7. The summed E-state index contributed by atoms with van der Waals surface area (Å²) in [6.07, 6.45) is 9.88. The van der Waals surface area contributed by atoms with Crippen molar-refractivity contribution in [3.63, 3.8) is 0 Å². The summed E-state index contributed by atoms with van der Waals surface area (Å²) >= 11 is 0. The van der Waals surface area contributed by atoms with Gasteiger partial charge in [-0.25, -0.2) is 0 Å². The van der Waals surface area contributed by atoms with Gasteiger partial charge in [-0.3, -0.25) is 0 Å². The van der Waals surface area contributed by atoms with Crippen molar-refractivity contribution >= 4 is 6.29 Å². The first-order chi connectivity index (χ1) is 8.69. The molecule has 0 amide bonds. The van der Waals surface area contributed by atoms with Crippen LogP contribution in [0.4, 0.5) is 0 Å². The first-order valence-corrected chi connectivity index (χ1v) is 7.88. The van der Waals surface area contributed by atoms with E-state index in [0.717, 1.165) is 25.3 Å². The molecule has 2 nitrogen and oxygen atoms in total. The van der Waals surface area contributed by atoms with Crippen LogP contribution in [0.2, 0.25) is 0 Å². The summed E-state index contributed by atoms with van der Waals surface area (Å²) in [6, 6.07) is 0. The van der Waals surface area contributed by atoms with Gasteiger partial charge in [0.1, 0.15) is 6.29 Å². The van der Waals surface area contributed by atoms with Gasteiger partial charge < -0.3 is 9.69 Å². The van der Waals surface area contributed by atoms with Crippen LogP contribution in [0.5, 0.6) is 0 Å². The van der Waals surface area contributed by atoms with Gasteiger partial charge >= 0.3 is 0 Å². The largest absolute Gasteiger partial charge is 0.303 e. The van der Waals surface area contributed by atoms with E-state index in [2.05, 4.69) is 25.7 Å². The lowest BCUT2D eigenvalue weighted by Crippen LogP contribution is -2.39. The number of hydrogen-bond donors (Lipinski definition) is 0. The molecule has 0 aromatic rings. The fraction of sp³-hybridized carbons (Fsp3) is 0.938. The van der Waals surface area contributed by atoms with Gasteiger partial charge in [-0.15, -0.1) is 0 Å². The molecule has 1 heterocycles. The zero-order valence-electron chi connectivity index (χ0n) is 12.6. The van der Waals surface area contributed by atoms with Gasteiger partial charge in [-0.1, -0.05) is 33.6 Å². The number of carbonyl (C=O) groups is 1. The molecule has 1 atom stereocenters. The zero-order valence-corrected chi connectivity index (χ0v) is 12.6. The van der Waals surface area contributed by atoms with E-state index < -0.39 is 0 Å². The minimum Gasteiger partial charge on any atom is -0.303 e. The predicted molar refractivity (Wildman–Crippen MR) is 77.8 cm³/mol. The molecule has 0 radical (unpaired) electrons. The van der Waals surface area contributed by atoms with Crippen molar-refractivity contribution in [3.8, 4) is 0 Å². The maximum atomic E-state index is 11.4. The van der Waals surface area contributed by atoms with E-state index in [1.54, 1.807) is 0 Å². The van der Waals surface area contributed by atoms with Crippen LogP contribution in [0.25, 0.3) is 0 Å². The minimum atomic E-state index is -0.0927. The summed E-state index contributed by atoms with van der Waals surface area (Å²) in [5.74, 6) is 0.925. The summed E-state index contributed by atoms with van der Waals surface area (Å²) in [7, 11) is 0. The molecule has 0 aliphatic carbocycles. The Hall–Kier alpha value is -0.370. The number of hydrogen-bond acceptors (Lipinski definition) is 2. The highest BCUT2D eigenvalue weighted by Crippen LogP contribution is 2.28. The third-order valence-corrected chi connectivity index (χ3v) is 4.83. The Morgan fingerprint density at radius 3 is 2.44 bits per heavy atom. The summed E-state index contributed by atoms with van der Waals surface area (Å²) in [5.41, 5.74) is -0.0927. The quantitative estimate of drug-likeness (QED) is 0.641. The number of carbonyl (C=O) groups excluding carboxylic acids is 1. The highest BCUT2D eigenvalue weighted by atomic mass is 16.1. The second kappa shape index (κ2) is 7.93. The van der Waals surface area contributed by atoms with Gasteiger partial charge in [0.25, 0.3) is 0 Å². The lowest BCUT2D eigenvalue weighted by Gasteiger charge is -2.32. The van der Waals surface area contributed by atoms with E-state index in [4.69, 9.17) is 0 Å². The predicted octanol–water partition coefficient (Wildman–Crippen LogP) is 3.89. The molecule has 1 unspecified atom stereocenters. The second-order valence-corrected chi connectivity index (χ2v) is 6.05. The van der Waals surface area contributed by atoms with E-state index in [9.17, 15) is 4.79 Å². The Kier molecular flexibility index (Phi) is 6.91. The van der Waals surface area contributed by atoms with E-state index in [-0.39, 0.29) is 5.41 Å². The summed E-state index contributed by atoms with van der Waals surface area (Å²) in [4.78, 5) is 13.9. The van der Waals surface area contributed by atoms with Crippen LogP contribution >= 0.6 is 0 Å². The van der Waals surface area contributed by atoms with Gasteiger partial charge in [0.2, 0.25) is 0 Å². The van der Waals surface area contributed by atoms with Crippen LogP contribution < -0.4 is 0 Å². The molecular formula is C16H31NO. The van der Waals surface area contributed by atoms with Gasteiger partial charge in [-0.2, -0.15) is 0 Å². The Morgan fingerprint density at radius 2 is 1.89 bits per heavy atom. The molecule has 0 bridgehead atoms. The lowest BCUT2D eigenvalue weighted by molar-refractivity contribution is -0.117. The van der Waals surface area contributed by atoms with Gasteiger partial charge in [-0.05, 0) is 51.1 Å². The van der Waals surface area contributed by atoms with E-state index in [0.29, 0.717) is 0 Å². The van der Waals surface area contributed by atoms with Crippen LogP contribution in [0.15, 0.2) is 0 Å². The molecule has 1 fully saturated rings. The van der Waals surface area contributed by atoms with Crippen LogP contribution in [0.3, 0.4) is 0 Å². The van der Waals surface area contributed by atoms with Gasteiger partial charge in [0.05, 0.1) is 0 Å². The molecule has 0 aromatic carbocycles. The highest BCUT2D eigenvalue weighted by molar-refractivity contribution is 5.59. The van der Waals surface area contributed by atoms with E-state index >= 15 is 0 Å². The fourth-order valence-electron chi connectivity index (χ4n) is 3.20. The Labute approximate surface area is 113 Å². The summed E-state index contributed by atoms with van der Waals surface area (Å²) in [6.45, 7) is 9.94. The highest BCUT2D eigenvalue weighted by Gasteiger charge is 2.29. The van der Waals surface area contributed by atoms with Crippen molar-refractivity contribution in [2.24, 2.45) is 11.3 Å². The number of aldehydes is 1. The molecule has 0 spiro atoms. The topological polar surface area (TPSA) is 20.3 Å². The Morgan fingerprint density at radius 1 is 1.17 bits per heavy atom. The van der Waals surface area contributed by atoms with Crippen molar-refractivity contribution in [2.45, 2.75) is 65.7 Å². The average Bonchev–Trinajstić information content (AvgIpc) is 2.62. The molecule has 1 rings (SSSR count). The van der Waals surface area contributed by atoms with Crippen molar-refractivity contribution < 1.29 is 4.79 Å². The molecule has 1 aliphatic rings. The van der Waals surface area contributed by atoms with Gasteiger partial charge in [0, 0.05) is 12.0 Å². The van der Waals surface area contributed by atoms with E-state index in [1.807, 2.05) is 0 Å². The Balaban J connectivity index is 2.50. The third kappa shape index (κ3) is 4.38. The number of likely N-dealkylation sites (tertiary alicyclic amines) is 1. The smallest absolute Gasteiger partial charge is 0.127 e. The third-order valence-electron chi connectivity index (χ3n) is 4.83. The van der Waals surface area contributed by atoms with E-state index in [1.165, 1.54) is 51.5 Å². The molecule has 0 N–H and O–H groups in total. The minimum absolute atomic E-state index is 0.0927. The fourth-order valence-corrected chi connectivity index (χ4v) is 3.20. The molecule has 2 heteroatoms. The summed E-state index contributed by atoms with van der Waals surface area (Å²) < 4.78 is 0. The van der Waals surface area contributed by atoms with Crippen molar-refractivity contribution in [1.29, 1.82) is 0 Å². The molecular weight excluding hydrogens is 222 g/mol.